The van der Waals surface area contributed by atoms with Crippen LogP contribution in [-0.4, -0.2) is 65.8 Å². The predicted molar refractivity (Wildman–Crippen MR) is 65.3 cm³/mol. The monoisotopic (exact) mass is 227 g/mol. The molecule has 2 fully saturated rings. The quantitative estimate of drug-likeness (QED) is 0.705. The lowest BCUT2D eigenvalue weighted by atomic mass is 9.98. The lowest BCUT2D eigenvalue weighted by Gasteiger charge is -2.45. The summed E-state index contributed by atoms with van der Waals surface area (Å²) in [5.74, 6) is 0. The van der Waals surface area contributed by atoms with Gasteiger partial charge in [-0.3, -0.25) is 9.80 Å². The van der Waals surface area contributed by atoms with Gasteiger partial charge < -0.3 is 10.8 Å². The van der Waals surface area contributed by atoms with E-state index in [1.165, 1.54) is 25.8 Å². The van der Waals surface area contributed by atoms with Gasteiger partial charge >= 0.3 is 0 Å². The molecule has 0 aromatic heterocycles. The molecule has 4 heteroatoms. The Bertz CT molecular complexity index is 232. The molecule has 2 aliphatic rings. The molecule has 2 saturated heterocycles. The van der Waals surface area contributed by atoms with Crippen molar-refractivity contribution in [3.63, 3.8) is 0 Å². The minimum Gasteiger partial charge on any atom is -0.388 e. The minimum atomic E-state index is -0.725. The van der Waals surface area contributed by atoms with Gasteiger partial charge in [-0.2, -0.15) is 0 Å². The molecule has 2 aliphatic heterocycles. The molecule has 3 N–H and O–H groups in total. The zero-order valence-electron chi connectivity index (χ0n) is 10.4. The summed E-state index contributed by atoms with van der Waals surface area (Å²) in [6.45, 7) is 7.51. The first-order valence-electron chi connectivity index (χ1n) is 6.49. The van der Waals surface area contributed by atoms with Crippen molar-refractivity contribution in [2.45, 2.75) is 37.8 Å². The highest BCUT2D eigenvalue weighted by atomic mass is 16.3. The van der Waals surface area contributed by atoms with Crippen LogP contribution in [0.4, 0.5) is 0 Å². The van der Waals surface area contributed by atoms with Crippen LogP contribution >= 0.6 is 0 Å². The molecule has 0 spiro atoms. The predicted octanol–water partition coefficient (Wildman–Crippen LogP) is -0.134. The fraction of sp³-hybridized carbons (Fsp3) is 1.00. The summed E-state index contributed by atoms with van der Waals surface area (Å²) in [7, 11) is 0. The first-order valence-corrected chi connectivity index (χ1v) is 6.49. The molecule has 0 bridgehead atoms. The molecule has 0 aromatic carbocycles. The molecule has 2 atom stereocenters. The number of β-amino-alcohol motifs (C(OH)–C–C–N with tert-alkyl or cyclic N) is 1. The van der Waals surface area contributed by atoms with E-state index in [-0.39, 0.29) is 0 Å². The zero-order chi connectivity index (χ0) is 11.6. The number of nitrogens with zero attached hydrogens (tertiary/aromatic N) is 2. The number of piperidine rings is 1. The van der Waals surface area contributed by atoms with Gasteiger partial charge in [-0.15, -0.1) is 0 Å². The highest BCUT2D eigenvalue weighted by Gasteiger charge is 2.31. The van der Waals surface area contributed by atoms with Gasteiger partial charge in [0.2, 0.25) is 0 Å². The standard InChI is InChI=1S/C12H25N3O/c1-12(16,9-13)10-14-6-7-15-5-3-2-4-11(15)8-14/h11,16H,2-10,13H2,1H3. The summed E-state index contributed by atoms with van der Waals surface area (Å²) in [4.78, 5) is 4.98. The van der Waals surface area contributed by atoms with Gasteiger partial charge in [0.25, 0.3) is 0 Å². The number of hydrogen-bond donors (Lipinski definition) is 2. The fourth-order valence-corrected chi connectivity index (χ4v) is 2.91. The first-order chi connectivity index (χ1) is 7.61. The van der Waals surface area contributed by atoms with Gasteiger partial charge in [0.05, 0.1) is 5.60 Å². The molecule has 2 unspecified atom stereocenters. The van der Waals surface area contributed by atoms with Crippen LogP contribution in [0.2, 0.25) is 0 Å². The number of rotatable bonds is 3. The Morgan fingerprint density at radius 2 is 2.12 bits per heavy atom. The molecule has 0 amide bonds. The van der Waals surface area contributed by atoms with Crippen molar-refractivity contribution < 1.29 is 5.11 Å². The van der Waals surface area contributed by atoms with Crippen LogP contribution in [0.1, 0.15) is 26.2 Å². The molecule has 16 heavy (non-hydrogen) atoms. The molecule has 94 valence electrons. The maximum Gasteiger partial charge on any atom is 0.0867 e. The number of aliphatic hydroxyl groups is 1. The van der Waals surface area contributed by atoms with Crippen molar-refractivity contribution >= 4 is 0 Å². The minimum absolute atomic E-state index is 0.345. The van der Waals surface area contributed by atoms with Crippen LogP contribution in [0.25, 0.3) is 0 Å². The van der Waals surface area contributed by atoms with Gasteiger partial charge in [-0.1, -0.05) is 6.42 Å². The summed E-state index contributed by atoms with van der Waals surface area (Å²) >= 11 is 0. The van der Waals surface area contributed by atoms with Gasteiger partial charge in [0, 0.05) is 38.8 Å². The highest BCUT2D eigenvalue weighted by molar-refractivity contribution is 4.88. The fourth-order valence-electron chi connectivity index (χ4n) is 2.91. The Kier molecular flexibility index (Phi) is 3.85. The molecule has 0 aromatic rings. The van der Waals surface area contributed by atoms with Crippen LogP contribution in [0.3, 0.4) is 0 Å². The van der Waals surface area contributed by atoms with E-state index in [0.717, 1.165) is 25.7 Å². The SMILES string of the molecule is CC(O)(CN)CN1CCN2CCCCC2C1. The average molecular weight is 227 g/mol. The molecule has 2 rings (SSSR count). The smallest absolute Gasteiger partial charge is 0.0867 e. The van der Waals surface area contributed by atoms with Crippen molar-refractivity contribution in [2.24, 2.45) is 5.73 Å². The number of nitrogens with two attached hydrogens (primary N) is 1. The van der Waals surface area contributed by atoms with E-state index in [1.54, 1.807) is 0 Å². The molecule has 0 saturated carbocycles. The summed E-state index contributed by atoms with van der Waals surface area (Å²) in [5, 5.41) is 9.99. The van der Waals surface area contributed by atoms with E-state index in [2.05, 4.69) is 9.80 Å². The van der Waals surface area contributed by atoms with Crippen LogP contribution in [-0.2, 0) is 0 Å². The number of fused-ring (bicyclic) bond motifs is 1. The second-order valence-corrected chi connectivity index (χ2v) is 5.62. The van der Waals surface area contributed by atoms with Crippen molar-refractivity contribution in [1.29, 1.82) is 0 Å². The highest BCUT2D eigenvalue weighted by Crippen LogP contribution is 2.21. The molecular formula is C12H25N3O. The summed E-state index contributed by atoms with van der Waals surface area (Å²) in [6.07, 6.45) is 4.04. The van der Waals surface area contributed by atoms with E-state index in [9.17, 15) is 5.11 Å². The van der Waals surface area contributed by atoms with Crippen molar-refractivity contribution in [3.05, 3.63) is 0 Å². The molecule has 2 heterocycles. The third-order valence-corrected chi connectivity index (χ3v) is 3.93. The zero-order valence-corrected chi connectivity index (χ0v) is 10.4. The molecule has 0 aliphatic carbocycles. The second kappa shape index (κ2) is 5.00. The number of hydrogen-bond acceptors (Lipinski definition) is 4. The van der Waals surface area contributed by atoms with E-state index in [1.807, 2.05) is 6.92 Å². The van der Waals surface area contributed by atoms with Gasteiger partial charge in [0.1, 0.15) is 0 Å². The maximum absolute atomic E-state index is 9.99. The van der Waals surface area contributed by atoms with Crippen LogP contribution in [0, 0.1) is 0 Å². The van der Waals surface area contributed by atoms with E-state index in [0.29, 0.717) is 13.1 Å². The Morgan fingerprint density at radius 1 is 1.31 bits per heavy atom. The topological polar surface area (TPSA) is 52.7 Å². The van der Waals surface area contributed by atoms with E-state index in [4.69, 9.17) is 5.73 Å². The van der Waals surface area contributed by atoms with Crippen molar-refractivity contribution in [1.82, 2.24) is 9.80 Å². The van der Waals surface area contributed by atoms with E-state index < -0.39 is 5.60 Å². The lowest BCUT2D eigenvalue weighted by molar-refractivity contribution is -0.0127. The molecular weight excluding hydrogens is 202 g/mol. The first kappa shape index (κ1) is 12.3. The Morgan fingerprint density at radius 3 is 2.88 bits per heavy atom. The van der Waals surface area contributed by atoms with Gasteiger partial charge in [0.15, 0.2) is 0 Å². The van der Waals surface area contributed by atoms with Crippen LogP contribution < -0.4 is 5.73 Å². The molecule has 4 nitrogen and oxygen atoms in total. The third kappa shape index (κ3) is 2.94. The van der Waals surface area contributed by atoms with E-state index >= 15 is 0 Å². The van der Waals surface area contributed by atoms with Crippen LogP contribution in [0.15, 0.2) is 0 Å². The van der Waals surface area contributed by atoms with Crippen LogP contribution in [0.5, 0.6) is 0 Å². The van der Waals surface area contributed by atoms with Gasteiger partial charge in [-0.05, 0) is 26.3 Å². The molecule has 0 radical (unpaired) electrons. The summed E-state index contributed by atoms with van der Waals surface area (Å²) < 4.78 is 0. The summed E-state index contributed by atoms with van der Waals surface area (Å²) in [5.41, 5.74) is 4.84. The average Bonchev–Trinajstić information content (AvgIpc) is 2.28. The lowest BCUT2D eigenvalue weighted by Crippen LogP contribution is -2.58. The Labute approximate surface area is 98.4 Å². The normalized spacial score (nSPS) is 32.1. The van der Waals surface area contributed by atoms with Crippen molar-refractivity contribution in [2.75, 3.05) is 39.3 Å². The second-order valence-electron chi connectivity index (χ2n) is 5.62. The summed E-state index contributed by atoms with van der Waals surface area (Å²) in [6, 6.07) is 0.719. The third-order valence-electron chi connectivity index (χ3n) is 3.93. The number of piperazine rings is 1. The maximum atomic E-state index is 9.99. The van der Waals surface area contributed by atoms with Gasteiger partial charge in [-0.25, -0.2) is 0 Å². The largest absolute Gasteiger partial charge is 0.388 e. The Balaban J connectivity index is 1.85. The Hall–Kier alpha value is -0.160. The van der Waals surface area contributed by atoms with Crippen molar-refractivity contribution in [3.8, 4) is 0 Å².